The molecule has 0 atom stereocenters. The third-order valence-corrected chi connectivity index (χ3v) is 0.798. The van der Waals surface area contributed by atoms with Crippen molar-refractivity contribution in [3.8, 4) is 0 Å². The Labute approximate surface area is 60.5 Å². The van der Waals surface area contributed by atoms with E-state index in [1.165, 1.54) is 7.11 Å². The zero-order valence-corrected chi connectivity index (χ0v) is 6.35. The van der Waals surface area contributed by atoms with Crippen LogP contribution in [-0.2, 0) is 14.4 Å². The molecule has 4 nitrogen and oxygen atoms in total. The number of hydrogen-bond acceptors (Lipinski definition) is 3. The zero-order valence-electron chi connectivity index (χ0n) is 6.35. The number of hydrogen-bond donors (Lipinski definition) is 1. The number of ether oxygens (including phenoxy) is 1. The summed E-state index contributed by atoms with van der Waals surface area (Å²) in [6.07, 6.45) is 0.917. The first-order chi connectivity index (χ1) is 4.81. The molecule has 0 fully saturated rings. The maximum atomic E-state index is 10.6. The summed E-state index contributed by atoms with van der Waals surface area (Å²) in [7, 11) is 1.39. The van der Waals surface area contributed by atoms with Gasteiger partial charge in [-0.25, -0.2) is 5.48 Å². The Kier molecular flexibility index (Phi) is 6.11. The van der Waals surface area contributed by atoms with Crippen molar-refractivity contribution in [2.45, 2.75) is 13.3 Å². The number of amides is 1. The summed E-state index contributed by atoms with van der Waals surface area (Å²) in [5.41, 5.74) is 2.14. The number of rotatable bonds is 5. The molecule has 10 heavy (non-hydrogen) atoms. The van der Waals surface area contributed by atoms with Gasteiger partial charge in [-0.1, -0.05) is 6.92 Å². The third-order valence-electron chi connectivity index (χ3n) is 0.798. The zero-order chi connectivity index (χ0) is 7.82. The van der Waals surface area contributed by atoms with E-state index in [9.17, 15) is 4.79 Å². The molecule has 0 spiro atoms. The van der Waals surface area contributed by atoms with Gasteiger partial charge in [-0.15, -0.1) is 0 Å². The van der Waals surface area contributed by atoms with Gasteiger partial charge in [-0.3, -0.25) is 9.63 Å². The molecule has 0 aliphatic carbocycles. The maximum absolute atomic E-state index is 10.6. The molecule has 0 aromatic carbocycles. The minimum absolute atomic E-state index is 0.0711. The average Bonchev–Trinajstić information content (AvgIpc) is 1.89. The van der Waals surface area contributed by atoms with E-state index in [-0.39, 0.29) is 12.5 Å². The highest BCUT2D eigenvalue weighted by atomic mass is 16.6. The van der Waals surface area contributed by atoms with Crippen molar-refractivity contribution in [2.75, 3.05) is 20.3 Å². The molecular weight excluding hydrogens is 134 g/mol. The van der Waals surface area contributed by atoms with Crippen LogP contribution in [-0.4, -0.2) is 26.2 Å². The second-order valence-electron chi connectivity index (χ2n) is 1.78. The van der Waals surface area contributed by atoms with Crippen LogP contribution in [0.25, 0.3) is 0 Å². The van der Waals surface area contributed by atoms with Crippen LogP contribution >= 0.6 is 0 Å². The van der Waals surface area contributed by atoms with Crippen molar-refractivity contribution in [2.24, 2.45) is 0 Å². The van der Waals surface area contributed by atoms with E-state index in [0.717, 1.165) is 6.42 Å². The van der Waals surface area contributed by atoms with E-state index in [0.29, 0.717) is 6.61 Å². The van der Waals surface area contributed by atoms with Gasteiger partial charge < -0.3 is 4.74 Å². The monoisotopic (exact) mass is 147 g/mol. The predicted octanol–water partition coefficient (Wildman–Crippen LogP) is 0.0906. The SMILES string of the molecule is CCCOCC(=O)NOC. The fraction of sp³-hybridized carbons (Fsp3) is 0.833. The molecule has 1 amide bonds. The molecule has 4 heteroatoms. The molecule has 0 saturated heterocycles. The van der Waals surface area contributed by atoms with Crippen molar-refractivity contribution in [1.29, 1.82) is 0 Å². The quantitative estimate of drug-likeness (QED) is 0.443. The highest BCUT2D eigenvalue weighted by molar-refractivity contribution is 5.75. The predicted molar refractivity (Wildman–Crippen MR) is 36.3 cm³/mol. The van der Waals surface area contributed by atoms with Gasteiger partial charge in [0.15, 0.2) is 0 Å². The lowest BCUT2D eigenvalue weighted by atomic mass is 10.5. The Bertz CT molecular complexity index is 95.0. The maximum Gasteiger partial charge on any atom is 0.269 e. The lowest BCUT2D eigenvalue weighted by molar-refractivity contribution is -0.136. The third kappa shape index (κ3) is 5.53. The van der Waals surface area contributed by atoms with Crippen LogP contribution in [0.3, 0.4) is 0 Å². The van der Waals surface area contributed by atoms with Crippen LogP contribution in [0, 0.1) is 0 Å². The van der Waals surface area contributed by atoms with Gasteiger partial charge in [0.05, 0.1) is 7.11 Å². The van der Waals surface area contributed by atoms with E-state index in [1.54, 1.807) is 0 Å². The largest absolute Gasteiger partial charge is 0.372 e. The van der Waals surface area contributed by atoms with Crippen LogP contribution in [0.1, 0.15) is 13.3 Å². The normalized spacial score (nSPS) is 9.40. The van der Waals surface area contributed by atoms with Gasteiger partial charge >= 0.3 is 0 Å². The number of nitrogens with one attached hydrogen (secondary N) is 1. The molecular formula is C6H13NO3. The van der Waals surface area contributed by atoms with E-state index in [2.05, 4.69) is 10.3 Å². The average molecular weight is 147 g/mol. The Morgan fingerprint density at radius 1 is 1.60 bits per heavy atom. The Morgan fingerprint density at radius 3 is 2.80 bits per heavy atom. The molecule has 0 rings (SSSR count). The molecule has 0 unspecified atom stereocenters. The molecule has 0 aromatic heterocycles. The van der Waals surface area contributed by atoms with Crippen LogP contribution < -0.4 is 5.48 Å². The summed E-state index contributed by atoms with van der Waals surface area (Å²) < 4.78 is 4.91. The van der Waals surface area contributed by atoms with Crippen molar-refractivity contribution in [1.82, 2.24) is 5.48 Å². The van der Waals surface area contributed by atoms with Crippen LogP contribution in [0.2, 0.25) is 0 Å². The lowest BCUT2D eigenvalue weighted by Crippen LogP contribution is -2.26. The summed E-state index contributed by atoms with van der Waals surface area (Å²) in [6.45, 7) is 2.66. The van der Waals surface area contributed by atoms with Gasteiger partial charge in [0.25, 0.3) is 5.91 Å². The van der Waals surface area contributed by atoms with Gasteiger partial charge in [0, 0.05) is 6.61 Å². The number of carbonyl (C=O) groups excluding carboxylic acids is 1. The first-order valence-electron chi connectivity index (χ1n) is 3.20. The molecule has 0 saturated carbocycles. The van der Waals surface area contributed by atoms with Gasteiger partial charge in [0.1, 0.15) is 6.61 Å². The molecule has 0 aliphatic rings. The first kappa shape index (κ1) is 9.39. The summed E-state index contributed by atoms with van der Waals surface area (Å²) >= 11 is 0. The summed E-state index contributed by atoms with van der Waals surface area (Å²) in [6, 6.07) is 0. The minimum Gasteiger partial charge on any atom is -0.372 e. The van der Waals surface area contributed by atoms with Crippen molar-refractivity contribution in [3.05, 3.63) is 0 Å². The standard InChI is InChI=1S/C6H13NO3/c1-3-4-10-5-6(8)7-9-2/h3-5H2,1-2H3,(H,7,8). The van der Waals surface area contributed by atoms with Crippen molar-refractivity contribution >= 4 is 5.91 Å². The second-order valence-corrected chi connectivity index (χ2v) is 1.78. The smallest absolute Gasteiger partial charge is 0.269 e. The fourth-order valence-corrected chi connectivity index (χ4v) is 0.453. The number of hydroxylamine groups is 1. The van der Waals surface area contributed by atoms with E-state index in [4.69, 9.17) is 4.74 Å². The molecule has 0 aromatic rings. The van der Waals surface area contributed by atoms with Gasteiger partial charge in [0.2, 0.25) is 0 Å². The summed E-state index contributed by atoms with van der Waals surface area (Å²) in [5.74, 6) is -0.254. The Hall–Kier alpha value is -0.610. The van der Waals surface area contributed by atoms with Crippen LogP contribution in [0.5, 0.6) is 0 Å². The summed E-state index contributed by atoms with van der Waals surface area (Å²) in [5, 5.41) is 0. The lowest BCUT2D eigenvalue weighted by Gasteiger charge is -2.01. The number of carbonyl (C=O) groups is 1. The Morgan fingerprint density at radius 2 is 2.30 bits per heavy atom. The van der Waals surface area contributed by atoms with Crippen LogP contribution in [0.4, 0.5) is 0 Å². The molecule has 0 radical (unpaired) electrons. The highest BCUT2D eigenvalue weighted by Gasteiger charge is 1.97. The fourth-order valence-electron chi connectivity index (χ4n) is 0.453. The summed E-state index contributed by atoms with van der Waals surface area (Å²) in [4.78, 5) is 14.9. The van der Waals surface area contributed by atoms with Crippen molar-refractivity contribution in [3.63, 3.8) is 0 Å². The molecule has 0 bridgehead atoms. The first-order valence-corrected chi connectivity index (χ1v) is 3.20. The molecule has 0 heterocycles. The van der Waals surface area contributed by atoms with Crippen molar-refractivity contribution < 1.29 is 14.4 Å². The minimum atomic E-state index is -0.254. The topological polar surface area (TPSA) is 47.6 Å². The van der Waals surface area contributed by atoms with Gasteiger partial charge in [-0.05, 0) is 6.42 Å². The molecule has 60 valence electrons. The second kappa shape index (κ2) is 6.51. The Balaban J connectivity index is 3.05. The highest BCUT2D eigenvalue weighted by Crippen LogP contribution is 1.79. The molecule has 0 aliphatic heterocycles. The van der Waals surface area contributed by atoms with E-state index < -0.39 is 0 Å². The molecule has 1 N–H and O–H groups in total. The van der Waals surface area contributed by atoms with E-state index in [1.807, 2.05) is 6.92 Å². The van der Waals surface area contributed by atoms with Crippen LogP contribution in [0.15, 0.2) is 0 Å². The van der Waals surface area contributed by atoms with Gasteiger partial charge in [-0.2, -0.15) is 0 Å². The van der Waals surface area contributed by atoms with E-state index >= 15 is 0 Å².